The topological polar surface area (TPSA) is 64.2 Å². The maximum atomic E-state index is 14.5. The van der Waals surface area contributed by atoms with Crippen molar-refractivity contribution in [3.8, 4) is 0 Å². The SMILES string of the molecule is CN1CCN2c3cc(Cl)ccc3CC3(C(=O)N(c4ccccc4)C(=O)N(c4ccccc4)C3=O)[C@@H]2C1. The van der Waals surface area contributed by atoms with Gasteiger partial charge in [0, 0.05) is 30.3 Å². The first kappa shape index (κ1) is 22.8. The molecule has 1 spiro atoms. The van der Waals surface area contributed by atoms with Crippen LogP contribution in [0.2, 0.25) is 5.02 Å². The van der Waals surface area contributed by atoms with Crippen molar-refractivity contribution in [2.24, 2.45) is 5.41 Å². The predicted octanol–water partition coefficient (Wildman–Crippen LogP) is 4.20. The van der Waals surface area contributed by atoms with Gasteiger partial charge in [-0.1, -0.05) is 54.1 Å². The molecule has 4 amide bonds. The second kappa shape index (κ2) is 8.47. The number of hydrogen-bond acceptors (Lipinski definition) is 5. The van der Waals surface area contributed by atoms with Gasteiger partial charge in [-0.3, -0.25) is 9.59 Å². The Hall–Kier alpha value is -3.68. The number of barbiturate groups is 1. The Morgan fingerprint density at radius 2 is 1.39 bits per heavy atom. The first-order valence-electron chi connectivity index (χ1n) is 12.0. The molecule has 3 heterocycles. The van der Waals surface area contributed by atoms with E-state index in [9.17, 15) is 14.4 Å². The smallest absolute Gasteiger partial charge is 0.342 e. The van der Waals surface area contributed by atoms with Crippen LogP contribution in [0.1, 0.15) is 5.56 Å². The number of urea groups is 1. The first-order valence-corrected chi connectivity index (χ1v) is 12.4. The number of para-hydroxylation sites is 2. The number of piperazine rings is 1. The Balaban J connectivity index is 1.60. The van der Waals surface area contributed by atoms with Crippen LogP contribution in [0.15, 0.2) is 78.9 Å². The number of carbonyl (C=O) groups is 3. The summed E-state index contributed by atoms with van der Waals surface area (Å²) in [4.78, 5) is 49.5. The summed E-state index contributed by atoms with van der Waals surface area (Å²) >= 11 is 6.36. The average molecular weight is 501 g/mol. The van der Waals surface area contributed by atoms with Gasteiger partial charge in [0.15, 0.2) is 5.41 Å². The Bertz CT molecular complexity index is 1300. The van der Waals surface area contributed by atoms with E-state index in [1.54, 1.807) is 54.6 Å². The van der Waals surface area contributed by atoms with Crippen molar-refractivity contribution < 1.29 is 14.4 Å². The van der Waals surface area contributed by atoms with E-state index in [0.29, 0.717) is 29.5 Å². The van der Waals surface area contributed by atoms with E-state index in [-0.39, 0.29) is 6.42 Å². The number of likely N-dealkylation sites (N-methyl/N-ethyl adjacent to an activating group) is 1. The lowest BCUT2D eigenvalue weighted by Crippen LogP contribution is -2.76. The molecule has 0 aromatic heterocycles. The van der Waals surface area contributed by atoms with Crippen LogP contribution in [-0.2, 0) is 16.0 Å². The second-order valence-electron chi connectivity index (χ2n) is 9.63. The van der Waals surface area contributed by atoms with Crippen LogP contribution in [0.4, 0.5) is 21.9 Å². The summed E-state index contributed by atoms with van der Waals surface area (Å²) in [6, 6.07) is 22.2. The van der Waals surface area contributed by atoms with E-state index in [4.69, 9.17) is 11.6 Å². The summed E-state index contributed by atoms with van der Waals surface area (Å²) in [6.07, 6.45) is 0.187. The molecule has 0 saturated carbocycles. The van der Waals surface area contributed by atoms with Crippen molar-refractivity contribution in [2.45, 2.75) is 12.5 Å². The van der Waals surface area contributed by atoms with E-state index in [1.165, 1.54) is 9.80 Å². The molecule has 2 fully saturated rings. The van der Waals surface area contributed by atoms with E-state index in [0.717, 1.165) is 17.8 Å². The Morgan fingerprint density at radius 1 is 0.806 bits per heavy atom. The zero-order valence-electron chi connectivity index (χ0n) is 19.8. The zero-order valence-corrected chi connectivity index (χ0v) is 20.6. The van der Waals surface area contributed by atoms with Gasteiger partial charge in [-0.15, -0.1) is 0 Å². The number of rotatable bonds is 2. The lowest BCUT2D eigenvalue weighted by molar-refractivity contribution is -0.143. The molecule has 3 aliphatic rings. The summed E-state index contributed by atoms with van der Waals surface area (Å²) in [7, 11) is 1.99. The van der Waals surface area contributed by atoms with Crippen molar-refractivity contribution in [1.82, 2.24) is 4.90 Å². The van der Waals surface area contributed by atoms with Crippen molar-refractivity contribution in [3.05, 3.63) is 89.4 Å². The summed E-state index contributed by atoms with van der Waals surface area (Å²) < 4.78 is 0. The van der Waals surface area contributed by atoms with E-state index in [1.807, 2.05) is 31.3 Å². The number of fused-ring (bicyclic) bond motifs is 4. The molecule has 182 valence electrons. The molecule has 7 nitrogen and oxygen atoms in total. The summed E-state index contributed by atoms with van der Waals surface area (Å²) in [5.41, 5.74) is 1.21. The second-order valence-corrected chi connectivity index (χ2v) is 10.1. The highest BCUT2D eigenvalue weighted by atomic mass is 35.5. The quantitative estimate of drug-likeness (QED) is 0.493. The molecular weight excluding hydrogens is 476 g/mol. The Morgan fingerprint density at radius 3 is 1.97 bits per heavy atom. The minimum absolute atomic E-state index is 0.187. The third-order valence-corrected chi connectivity index (χ3v) is 7.79. The molecular formula is C28H25ClN4O3. The number of amides is 4. The molecule has 0 aliphatic carbocycles. The summed E-state index contributed by atoms with van der Waals surface area (Å²) in [5.74, 6) is -0.969. The van der Waals surface area contributed by atoms with Crippen molar-refractivity contribution >= 4 is 46.5 Å². The number of anilines is 3. The number of halogens is 1. The molecule has 1 atom stereocenters. The van der Waals surface area contributed by atoms with Crippen LogP contribution in [0.5, 0.6) is 0 Å². The molecule has 3 aliphatic heterocycles. The minimum atomic E-state index is -1.49. The van der Waals surface area contributed by atoms with Crippen LogP contribution >= 0.6 is 11.6 Å². The van der Waals surface area contributed by atoms with Gasteiger partial charge in [-0.25, -0.2) is 14.6 Å². The fraction of sp³-hybridized carbons (Fsp3) is 0.250. The fourth-order valence-electron chi connectivity index (χ4n) is 5.81. The molecule has 6 rings (SSSR count). The van der Waals surface area contributed by atoms with Gasteiger partial charge >= 0.3 is 6.03 Å². The monoisotopic (exact) mass is 500 g/mol. The molecule has 8 heteroatoms. The van der Waals surface area contributed by atoms with Crippen LogP contribution < -0.4 is 14.7 Å². The van der Waals surface area contributed by atoms with Gasteiger partial charge in [0.25, 0.3) is 11.8 Å². The molecule has 3 aromatic rings. The van der Waals surface area contributed by atoms with E-state index in [2.05, 4.69) is 9.80 Å². The van der Waals surface area contributed by atoms with Gasteiger partial charge in [0.2, 0.25) is 0 Å². The van der Waals surface area contributed by atoms with Gasteiger partial charge in [-0.05, 0) is 55.4 Å². The Kier molecular flexibility index (Phi) is 5.35. The maximum Gasteiger partial charge on any atom is 0.342 e. The first-order chi connectivity index (χ1) is 17.4. The van der Waals surface area contributed by atoms with Gasteiger partial charge in [0.05, 0.1) is 17.4 Å². The number of imide groups is 2. The largest absolute Gasteiger partial charge is 0.364 e. The highest BCUT2D eigenvalue weighted by Gasteiger charge is 2.65. The van der Waals surface area contributed by atoms with Crippen molar-refractivity contribution in [1.29, 1.82) is 0 Å². The number of carbonyl (C=O) groups excluding carboxylic acids is 3. The maximum absolute atomic E-state index is 14.5. The highest BCUT2D eigenvalue weighted by Crippen LogP contribution is 2.49. The highest BCUT2D eigenvalue weighted by molar-refractivity contribution is 6.39. The van der Waals surface area contributed by atoms with Crippen molar-refractivity contribution in [2.75, 3.05) is 41.4 Å². The molecule has 0 N–H and O–H groups in total. The fourth-order valence-corrected chi connectivity index (χ4v) is 5.98. The lowest BCUT2D eigenvalue weighted by Gasteiger charge is -2.56. The third-order valence-electron chi connectivity index (χ3n) is 7.56. The van der Waals surface area contributed by atoms with Gasteiger partial charge in [-0.2, -0.15) is 0 Å². The number of benzene rings is 3. The third kappa shape index (κ3) is 3.27. The van der Waals surface area contributed by atoms with Gasteiger partial charge < -0.3 is 9.80 Å². The average Bonchev–Trinajstić information content (AvgIpc) is 2.89. The van der Waals surface area contributed by atoms with Crippen LogP contribution in [0.3, 0.4) is 0 Å². The molecule has 0 bridgehead atoms. The summed E-state index contributed by atoms with van der Waals surface area (Å²) in [6.45, 7) is 1.93. The number of nitrogens with zero attached hydrogens (tertiary/aromatic N) is 4. The standard InChI is InChI=1S/C28H25ClN4O3/c1-30-14-15-31-23-16-20(29)13-12-19(23)17-28(24(31)18-30)25(34)32(21-8-4-2-5-9-21)27(36)33(26(28)35)22-10-6-3-7-11-22/h2-13,16,24H,14-15,17-18H2,1H3/t24-/m0/s1. The molecule has 2 saturated heterocycles. The predicted molar refractivity (Wildman–Crippen MR) is 139 cm³/mol. The molecule has 3 aromatic carbocycles. The molecule has 0 radical (unpaired) electrons. The molecule has 0 unspecified atom stereocenters. The Labute approximate surface area is 214 Å². The van der Waals surface area contributed by atoms with Crippen LogP contribution in [0, 0.1) is 5.41 Å². The van der Waals surface area contributed by atoms with Crippen molar-refractivity contribution in [3.63, 3.8) is 0 Å². The van der Waals surface area contributed by atoms with E-state index < -0.39 is 29.3 Å². The minimum Gasteiger partial charge on any atom is -0.364 e. The van der Waals surface area contributed by atoms with Gasteiger partial charge in [0.1, 0.15) is 0 Å². The summed E-state index contributed by atoms with van der Waals surface area (Å²) in [5, 5.41) is 0.607. The van der Waals surface area contributed by atoms with Crippen LogP contribution in [0.25, 0.3) is 0 Å². The number of hydrogen-bond donors (Lipinski definition) is 0. The van der Waals surface area contributed by atoms with Crippen LogP contribution in [-0.4, -0.2) is 55.5 Å². The lowest BCUT2D eigenvalue weighted by atomic mass is 9.67. The normalized spacial score (nSPS) is 21.6. The molecule has 36 heavy (non-hydrogen) atoms. The van der Waals surface area contributed by atoms with E-state index >= 15 is 0 Å². The zero-order chi connectivity index (χ0) is 25.0.